The normalized spacial score (nSPS) is 17.9. The molecule has 0 spiro atoms. The van der Waals surface area contributed by atoms with Crippen LogP contribution >= 0.6 is 11.3 Å². The number of anilines is 1. The van der Waals surface area contributed by atoms with Crippen LogP contribution in [0.25, 0.3) is 5.76 Å². The van der Waals surface area contributed by atoms with Gasteiger partial charge in [0, 0.05) is 10.6 Å². The fourth-order valence-corrected chi connectivity index (χ4v) is 4.88. The van der Waals surface area contributed by atoms with E-state index >= 15 is 0 Å². The van der Waals surface area contributed by atoms with Crippen molar-refractivity contribution in [3.8, 4) is 5.75 Å². The Bertz CT molecular complexity index is 1190. The van der Waals surface area contributed by atoms with Crippen molar-refractivity contribution in [1.29, 1.82) is 0 Å². The van der Waals surface area contributed by atoms with E-state index < -0.39 is 17.7 Å². The molecule has 2 aromatic carbocycles. The van der Waals surface area contributed by atoms with Gasteiger partial charge in [-0.2, -0.15) is 0 Å². The summed E-state index contributed by atoms with van der Waals surface area (Å²) in [4.78, 5) is 28.7. The molecule has 0 aliphatic carbocycles. The van der Waals surface area contributed by atoms with Gasteiger partial charge in [-0.15, -0.1) is 11.3 Å². The number of benzene rings is 2. The quantitative estimate of drug-likeness (QED) is 0.344. The molecule has 1 amide bonds. The molecule has 158 valence electrons. The summed E-state index contributed by atoms with van der Waals surface area (Å²) in [5.74, 6) is -1.16. The van der Waals surface area contributed by atoms with E-state index in [1.807, 2.05) is 62.5 Å². The third-order valence-corrected chi connectivity index (χ3v) is 6.28. The van der Waals surface area contributed by atoms with Gasteiger partial charge in [0.25, 0.3) is 11.7 Å². The van der Waals surface area contributed by atoms with Gasteiger partial charge < -0.3 is 9.84 Å². The molecule has 0 saturated carbocycles. The average Bonchev–Trinajstić information content (AvgIpc) is 3.34. The summed E-state index contributed by atoms with van der Waals surface area (Å²) >= 11 is 1.44. The van der Waals surface area contributed by atoms with E-state index in [2.05, 4.69) is 0 Å². The molecule has 1 aliphatic heterocycles. The number of ketones is 1. The van der Waals surface area contributed by atoms with Crippen LogP contribution in [0.3, 0.4) is 0 Å². The van der Waals surface area contributed by atoms with Crippen molar-refractivity contribution in [2.75, 3.05) is 12.0 Å². The third kappa shape index (κ3) is 3.64. The zero-order valence-corrected chi connectivity index (χ0v) is 18.6. The Balaban J connectivity index is 1.98. The summed E-state index contributed by atoms with van der Waals surface area (Å²) in [7, 11) is 1.51. The summed E-state index contributed by atoms with van der Waals surface area (Å²) < 4.78 is 5.41. The number of hydrogen-bond acceptors (Lipinski definition) is 5. The third-order valence-electron chi connectivity index (χ3n) is 5.35. The van der Waals surface area contributed by atoms with Gasteiger partial charge in [-0.05, 0) is 67.6 Å². The number of nitrogens with zero attached hydrogens (tertiary/aromatic N) is 1. The number of Topliss-reactive ketones (excluding diaryl/α,β-unsaturated/α-hetero) is 1. The first kappa shape index (κ1) is 20.9. The van der Waals surface area contributed by atoms with E-state index in [1.54, 1.807) is 12.1 Å². The lowest BCUT2D eigenvalue weighted by Crippen LogP contribution is -2.29. The second kappa shape index (κ2) is 8.04. The highest BCUT2D eigenvalue weighted by atomic mass is 32.1. The Morgan fingerprint density at radius 2 is 1.71 bits per heavy atom. The van der Waals surface area contributed by atoms with E-state index in [0.29, 0.717) is 17.0 Å². The van der Waals surface area contributed by atoms with Crippen LogP contribution in [0.2, 0.25) is 0 Å². The number of aryl methyl sites for hydroxylation is 3. The molecule has 1 fully saturated rings. The van der Waals surface area contributed by atoms with Crippen molar-refractivity contribution in [3.05, 3.63) is 86.6 Å². The van der Waals surface area contributed by atoms with Crippen LogP contribution in [-0.4, -0.2) is 23.9 Å². The molecule has 1 N–H and O–H groups in total. The number of carbonyl (C=O) groups excluding carboxylic acids is 2. The maximum atomic E-state index is 13.2. The minimum atomic E-state index is -0.716. The molecule has 2 heterocycles. The fraction of sp³-hybridized carbons (Fsp3) is 0.200. The van der Waals surface area contributed by atoms with Gasteiger partial charge >= 0.3 is 0 Å². The predicted octanol–water partition coefficient (Wildman–Crippen LogP) is 5.31. The Labute approximate surface area is 185 Å². The topological polar surface area (TPSA) is 66.8 Å². The first-order valence-electron chi connectivity index (χ1n) is 9.89. The van der Waals surface area contributed by atoms with Gasteiger partial charge in [-0.25, -0.2) is 0 Å². The van der Waals surface area contributed by atoms with Gasteiger partial charge in [0.05, 0.1) is 18.2 Å². The van der Waals surface area contributed by atoms with Gasteiger partial charge in [0.2, 0.25) is 0 Å². The van der Waals surface area contributed by atoms with Crippen LogP contribution in [0.4, 0.5) is 5.69 Å². The second-order valence-corrected chi connectivity index (χ2v) is 8.71. The molecule has 1 aliphatic rings. The number of carbonyl (C=O) groups is 2. The van der Waals surface area contributed by atoms with Crippen LogP contribution in [0.15, 0.2) is 59.5 Å². The number of aliphatic hydroxyl groups excluding tert-OH is 1. The number of rotatable bonds is 4. The first-order valence-corrected chi connectivity index (χ1v) is 10.8. The molecular formula is C25H23NO4S. The maximum Gasteiger partial charge on any atom is 0.300 e. The first-order chi connectivity index (χ1) is 14.8. The minimum Gasteiger partial charge on any atom is -0.507 e. The second-order valence-electron chi connectivity index (χ2n) is 7.73. The van der Waals surface area contributed by atoms with Gasteiger partial charge in [0.1, 0.15) is 17.6 Å². The van der Waals surface area contributed by atoms with Crippen LogP contribution in [0, 0.1) is 20.8 Å². The smallest absolute Gasteiger partial charge is 0.300 e. The number of hydrogen-bond donors (Lipinski definition) is 1. The summed E-state index contributed by atoms with van der Waals surface area (Å²) in [6.07, 6.45) is 0. The van der Waals surface area contributed by atoms with Crippen molar-refractivity contribution < 1.29 is 19.4 Å². The maximum absolute atomic E-state index is 13.2. The Kier molecular flexibility index (Phi) is 5.41. The lowest BCUT2D eigenvalue weighted by molar-refractivity contribution is -0.132. The number of aliphatic hydroxyl groups is 1. The van der Waals surface area contributed by atoms with Crippen LogP contribution < -0.4 is 9.64 Å². The van der Waals surface area contributed by atoms with Crippen LogP contribution in [-0.2, 0) is 9.59 Å². The molecule has 1 aromatic heterocycles. The molecule has 5 nitrogen and oxygen atoms in total. The molecule has 3 aromatic rings. The summed E-state index contributed by atoms with van der Waals surface area (Å²) in [5.41, 5.74) is 3.97. The number of ether oxygens (including phenoxy) is 1. The predicted molar refractivity (Wildman–Crippen MR) is 123 cm³/mol. The molecular weight excluding hydrogens is 410 g/mol. The molecule has 0 radical (unpaired) electrons. The highest BCUT2D eigenvalue weighted by Crippen LogP contribution is 2.44. The van der Waals surface area contributed by atoms with Crippen molar-refractivity contribution in [1.82, 2.24) is 0 Å². The van der Waals surface area contributed by atoms with Crippen LogP contribution in [0.5, 0.6) is 5.75 Å². The zero-order valence-electron chi connectivity index (χ0n) is 17.8. The van der Waals surface area contributed by atoms with Crippen molar-refractivity contribution in [2.45, 2.75) is 26.8 Å². The van der Waals surface area contributed by atoms with Crippen molar-refractivity contribution >= 4 is 34.5 Å². The Morgan fingerprint density at radius 3 is 2.32 bits per heavy atom. The summed E-state index contributed by atoms with van der Waals surface area (Å²) in [6, 6.07) is 14.2. The van der Waals surface area contributed by atoms with E-state index in [9.17, 15) is 14.7 Å². The van der Waals surface area contributed by atoms with Gasteiger partial charge in [-0.3, -0.25) is 14.5 Å². The van der Waals surface area contributed by atoms with E-state index in [0.717, 1.165) is 21.6 Å². The zero-order chi connectivity index (χ0) is 22.3. The lowest BCUT2D eigenvalue weighted by Gasteiger charge is -2.25. The summed E-state index contributed by atoms with van der Waals surface area (Å²) in [5, 5.41) is 13.2. The highest BCUT2D eigenvalue weighted by molar-refractivity contribution is 7.10. The van der Waals surface area contributed by atoms with Gasteiger partial charge in [0.15, 0.2) is 0 Å². The van der Waals surface area contributed by atoms with Crippen molar-refractivity contribution in [2.24, 2.45) is 0 Å². The number of methoxy groups -OCH3 is 1. The molecule has 4 rings (SSSR count). The van der Waals surface area contributed by atoms with E-state index in [4.69, 9.17) is 4.74 Å². The molecule has 1 atom stereocenters. The lowest BCUT2D eigenvalue weighted by atomic mass is 9.98. The highest BCUT2D eigenvalue weighted by Gasteiger charge is 2.47. The van der Waals surface area contributed by atoms with Crippen molar-refractivity contribution in [3.63, 3.8) is 0 Å². The standard InChI is InChI=1S/C25H23NO4S/c1-14-7-8-19(30-4)18(13-14)23(27)21-22(20-6-5-9-31-20)26(25(29)24(21)28)17-11-15(2)10-16(3)12-17/h5-13,22,27H,1-4H3/b23-21-. The Hall–Kier alpha value is -3.38. The average molecular weight is 434 g/mol. The number of thiophene rings is 1. The SMILES string of the molecule is COc1ccc(C)cc1/C(O)=C1/C(=O)C(=O)N(c2cc(C)cc(C)c2)C1c1cccs1. The molecule has 1 unspecified atom stereocenters. The minimum absolute atomic E-state index is 0.0653. The number of amides is 1. The molecule has 6 heteroatoms. The van der Waals surface area contributed by atoms with Crippen LogP contribution in [0.1, 0.15) is 33.2 Å². The molecule has 31 heavy (non-hydrogen) atoms. The largest absolute Gasteiger partial charge is 0.507 e. The monoisotopic (exact) mass is 433 g/mol. The molecule has 1 saturated heterocycles. The molecule has 0 bridgehead atoms. The fourth-order valence-electron chi connectivity index (χ4n) is 4.06. The van der Waals surface area contributed by atoms with E-state index in [1.165, 1.54) is 23.3 Å². The van der Waals surface area contributed by atoms with E-state index in [-0.39, 0.29) is 11.3 Å². The summed E-state index contributed by atoms with van der Waals surface area (Å²) in [6.45, 7) is 5.79. The van der Waals surface area contributed by atoms with Gasteiger partial charge in [-0.1, -0.05) is 23.8 Å². The Morgan fingerprint density at radius 1 is 1.00 bits per heavy atom.